The van der Waals surface area contributed by atoms with E-state index in [9.17, 15) is 0 Å². The van der Waals surface area contributed by atoms with Gasteiger partial charge in [-0.15, -0.1) is 0 Å². The highest BCUT2D eigenvalue weighted by Gasteiger charge is 2.39. The Morgan fingerprint density at radius 3 is 1.52 bits per heavy atom. The van der Waals surface area contributed by atoms with Crippen molar-refractivity contribution < 1.29 is 0 Å². The quantitative estimate of drug-likeness (QED) is 0.158. The van der Waals surface area contributed by atoms with Gasteiger partial charge in [0, 0.05) is 28.3 Å². The lowest BCUT2D eigenvalue weighted by Gasteiger charge is -2.44. The highest BCUT2D eigenvalue weighted by Crippen LogP contribution is 2.52. The molecule has 0 unspecified atom stereocenters. The molecule has 0 atom stereocenters. The first-order valence-electron chi connectivity index (χ1n) is 18.5. The zero-order valence-corrected chi connectivity index (χ0v) is 30.6. The molecular weight excluding hydrogens is 629 g/mol. The van der Waals surface area contributed by atoms with Gasteiger partial charge in [0.25, 0.3) is 0 Å². The Labute approximate surface area is 309 Å². The predicted molar refractivity (Wildman–Crippen MR) is 222 cm³/mol. The lowest BCUT2D eigenvalue weighted by molar-refractivity contribution is 0.332. The van der Waals surface area contributed by atoms with Crippen molar-refractivity contribution in [3.05, 3.63) is 193 Å². The van der Waals surface area contributed by atoms with Crippen molar-refractivity contribution >= 4 is 34.1 Å². The van der Waals surface area contributed by atoms with E-state index in [-0.39, 0.29) is 10.8 Å². The lowest BCUT2D eigenvalue weighted by atomic mass is 9.62. The van der Waals surface area contributed by atoms with Gasteiger partial charge in [0.2, 0.25) is 0 Å². The van der Waals surface area contributed by atoms with Gasteiger partial charge >= 0.3 is 0 Å². The van der Waals surface area contributed by atoms with E-state index in [1.807, 2.05) is 0 Å². The molecule has 1 aliphatic rings. The summed E-state index contributed by atoms with van der Waals surface area (Å²) in [7, 11) is 0. The Bertz CT molecular complexity index is 2290. The Morgan fingerprint density at radius 1 is 0.365 bits per heavy atom. The molecular formula is C50H46N2. The summed E-state index contributed by atoms with van der Waals surface area (Å²) >= 11 is 0. The number of hydrogen-bond donors (Lipinski definition) is 0. The third kappa shape index (κ3) is 6.31. The molecule has 0 amide bonds. The van der Waals surface area contributed by atoms with Gasteiger partial charge in [-0.3, -0.25) is 0 Å². The van der Waals surface area contributed by atoms with Gasteiger partial charge in [-0.05, 0) is 112 Å². The third-order valence-electron chi connectivity index (χ3n) is 10.9. The van der Waals surface area contributed by atoms with Crippen molar-refractivity contribution in [2.45, 2.75) is 51.4 Å². The lowest BCUT2D eigenvalue weighted by Crippen LogP contribution is -2.35. The zero-order valence-electron chi connectivity index (χ0n) is 30.6. The van der Waals surface area contributed by atoms with Gasteiger partial charge < -0.3 is 9.80 Å². The van der Waals surface area contributed by atoms with Gasteiger partial charge in [-0.1, -0.05) is 149 Å². The van der Waals surface area contributed by atoms with Crippen LogP contribution in [0.3, 0.4) is 0 Å². The molecule has 0 fully saturated rings. The predicted octanol–water partition coefficient (Wildman–Crippen LogP) is 14.3. The van der Waals surface area contributed by atoms with Crippen LogP contribution in [0.15, 0.2) is 182 Å². The molecule has 0 aromatic heterocycles. The van der Waals surface area contributed by atoms with Crippen molar-refractivity contribution in [1.29, 1.82) is 0 Å². The van der Waals surface area contributed by atoms with Crippen molar-refractivity contribution in [2.75, 3.05) is 9.80 Å². The first-order valence-corrected chi connectivity index (χ1v) is 18.5. The second-order valence-electron chi connectivity index (χ2n) is 15.3. The molecule has 2 nitrogen and oxygen atoms in total. The summed E-state index contributed by atoms with van der Waals surface area (Å²) in [5.74, 6) is 0. The Balaban J connectivity index is 1.21. The fourth-order valence-corrected chi connectivity index (χ4v) is 8.05. The van der Waals surface area contributed by atoms with Crippen LogP contribution in [-0.2, 0) is 10.8 Å². The van der Waals surface area contributed by atoms with E-state index < -0.39 is 0 Å². The minimum absolute atomic E-state index is 0.0612. The molecule has 52 heavy (non-hydrogen) atoms. The van der Waals surface area contributed by atoms with Crippen LogP contribution in [0.1, 0.15) is 51.7 Å². The SMILES string of the molecule is CC1(C)CCC(C)(C)c2c(N(c3ccccc3)c3cccc(-c4ccc(N(c5ccccc5)c5ccccc5-c5ccccc5)cc4)c3)cccc21. The number of rotatable bonds is 8. The molecule has 2 heteroatoms. The number of anilines is 6. The number of fused-ring (bicyclic) bond motifs is 1. The normalized spacial score (nSPS) is 14.3. The summed E-state index contributed by atoms with van der Waals surface area (Å²) in [6.45, 7) is 9.65. The van der Waals surface area contributed by atoms with Crippen LogP contribution < -0.4 is 9.80 Å². The largest absolute Gasteiger partial charge is 0.310 e. The summed E-state index contributed by atoms with van der Waals surface area (Å²) in [5.41, 5.74) is 14.8. The van der Waals surface area contributed by atoms with E-state index in [4.69, 9.17) is 0 Å². The first-order chi connectivity index (χ1) is 25.3. The number of para-hydroxylation sites is 3. The van der Waals surface area contributed by atoms with E-state index in [2.05, 4.69) is 219 Å². The first kappa shape index (κ1) is 33.3. The van der Waals surface area contributed by atoms with E-state index >= 15 is 0 Å². The maximum atomic E-state index is 2.47. The Morgan fingerprint density at radius 2 is 0.846 bits per heavy atom. The molecule has 0 aliphatic heterocycles. The molecule has 0 saturated carbocycles. The van der Waals surface area contributed by atoms with Crippen LogP contribution in [0.5, 0.6) is 0 Å². The average molecular weight is 675 g/mol. The number of hydrogen-bond acceptors (Lipinski definition) is 2. The maximum absolute atomic E-state index is 2.47. The second kappa shape index (κ2) is 13.7. The molecule has 0 heterocycles. The molecule has 7 aromatic carbocycles. The van der Waals surface area contributed by atoms with Crippen LogP contribution in [0, 0.1) is 0 Å². The molecule has 8 rings (SSSR count). The minimum atomic E-state index is 0.0612. The third-order valence-corrected chi connectivity index (χ3v) is 10.9. The topological polar surface area (TPSA) is 6.48 Å². The number of benzene rings is 7. The van der Waals surface area contributed by atoms with Crippen LogP contribution in [0.2, 0.25) is 0 Å². The van der Waals surface area contributed by atoms with Crippen molar-refractivity contribution in [2.24, 2.45) is 0 Å². The summed E-state index contributed by atoms with van der Waals surface area (Å²) in [5, 5.41) is 0. The smallest absolute Gasteiger partial charge is 0.0540 e. The fraction of sp³-hybridized carbons (Fsp3) is 0.160. The second-order valence-corrected chi connectivity index (χ2v) is 15.3. The molecule has 7 aromatic rings. The minimum Gasteiger partial charge on any atom is -0.310 e. The van der Waals surface area contributed by atoms with Gasteiger partial charge in [0.05, 0.1) is 11.4 Å². The molecule has 1 aliphatic carbocycles. The van der Waals surface area contributed by atoms with Crippen molar-refractivity contribution in [3.63, 3.8) is 0 Å². The zero-order chi connectivity index (χ0) is 35.7. The van der Waals surface area contributed by atoms with Crippen LogP contribution in [0.25, 0.3) is 22.3 Å². The highest BCUT2D eigenvalue weighted by atomic mass is 15.2. The molecule has 0 spiro atoms. The average Bonchev–Trinajstić information content (AvgIpc) is 3.19. The molecule has 0 radical (unpaired) electrons. The Kier molecular flexibility index (Phi) is 8.77. The van der Waals surface area contributed by atoms with E-state index in [0.717, 1.165) is 34.9 Å². The van der Waals surface area contributed by atoms with Crippen LogP contribution in [-0.4, -0.2) is 0 Å². The van der Waals surface area contributed by atoms with Gasteiger partial charge in [0.1, 0.15) is 0 Å². The standard InChI is InChI=1S/C50H46N2/c1-49(2)34-35-50(3,4)48-45(49)27-17-29-47(48)52(41-23-12-7-13-24-41)43-25-16-20-39(36-43)37-30-32-42(33-31-37)51(40-21-10-6-11-22-40)46-28-15-14-26-44(46)38-18-8-5-9-19-38/h5-33,36H,34-35H2,1-4H3. The highest BCUT2D eigenvalue weighted by molar-refractivity contribution is 5.89. The Hall–Kier alpha value is -5.86. The van der Waals surface area contributed by atoms with Crippen molar-refractivity contribution in [1.82, 2.24) is 0 Å². The monoisotopic (exact) mass is 674 g/mol. The number of nitrogens with zero attached hydrogens (tertiary/aromatic N) is 2. The van der Waals surface area contributed by atoms with Gasteiger partial charge in [-0.25, -0.2) is 0 Å². The maximum Gasteiger partial charge on any atom is 0.0540 e. The summed E-state index contributed by atoms with van der Waals surface area (Å²) in [6, 6.07) is 65.8. The van der Waals surface area contributed by atoms with Gasteiger partial charge in [0.15, 0.2) is 0 Å². The molecule has 0 saturated heterocycles. The van der Waals surface area contributed by atoms with Crippen LogP contribution >= 0.6 is 0 Å². The summed E-state index contributed by atoms with van der Waals surface area (Å²) in [4.78, 5) is 4.83. The van der Waals surface area contributed by atoms with E-state index in [0.29, 0.717) is 0 Å². The molecule has 256 valence electrons. The van der Waals surface area contributed by atoms with Crippen LogP contribution in [0.4, 0.5) is 34.1 Å². The van der Waals surface area contributed by atoms with E-state index in [1.54, 1.807) is 0 Å². The molecule has 0 bridgehead atoms. The summed E-state index contributed by atoms with van der Waals surface area (Å²) < 4.78 is 0. The van der Waals surface area contributed by atoms with Crippen molar-refractivity contribution in [3.8, 4) is 22.3 Å². The summed E-state index contributed by atoms with van der Waals surface area (Å²) in [6.07, 6.45) is 2.35. The van der Waals surface area contributed by atoms with Gasteiger partial charge in [-0.2, -0.15) is 0 Å². The van der Waals surface area contributed by atoms with E-state index in [1.165, 1.54) is 45.5 Å². The fourth-order valence-electron chi connectivity index (χ4n) is 8.05. The molecule has 0 N–H and O–H groups in total.